The van der Waals surface area contributed by atoms with Gasteiger partial charge in [-0.15, -0.1) is 0 Å². The van der Waals surface area contributed by atoms with E-state index in [9.17, 15) is 9.59 Å². The third kappa shape index (κ3) is 5.48. The molecule has 7 nitrogen and oxygen atoms in total. The molecule has 7 heteroatoms. The highest BCUT2D eigenvalue weighted by Gasteiger charge is 2.15. The van der Waals surface area contributed by atoms with Crippen molar-refractivity contribution < 1.29 is 19.1 Å². The molecule has 2 amide bonds. The van der Waals surface area contributed by atoms with Crippen LogP contribution in [0.1, 0.15) is 46.0 Å². The Morgan fingerprint density at radius 2 is 1.66 bits per heavy atom. The Morgan fingerprint density at radius 1 is 0.966 bits per heavy atom. The third-order valence-corrected chi connectivity index (χ3v) is 4.81. The van der Waals surface area contributed by atoms with Crippen LogP contribution >= 0.6 is 0 Å². The minimum atomic E-state index is -0.437. The summed E-state index contributed by atoms with van der Waals surface area (Å²) in [5.41, 5.74) is 6.86. The molecule has 0 spiro atoms. The van der Waals surface area contributed by atoms with Crippen LogP contribution in [-0.2, 0) is 6.54 Å². The minimum Gasteiger partial charge on any atom is -0.493 e. The first-order chi connectivity index (χ1) is 14.1. The molecule has 0 bridgehead atoms. The van der Waals surface area contributed by atoms with Crippen LogP contribution in [0.25, 0.3) is 0 Å². The van der Waals surface area contributed by atoms with Gasteiger partial charge in [0.15, 0.2) is 11.5 Å². The average Bonchev–Trinajstić information content (AvgIpc) is 3.25. The first-order valence-corrected chi connectivity index (χ1v) is 9.83. The Balaban J connectivity index is 1.59. The molecule has 1 fully saturated rings. The maximum atomic E-state index is 12.4. The fourth-order valence-corrected chi connectivity index (χ4v) is 3.35. The quantitative estimate of drug-likeness (QED) is 0.703. The van der Waals surface area contributed by atoms with Gasteiger partial charge in [0.2, 0.25) is 0 Å². The highest BCUT2D eigenvalue weighted by molar-refractivity contribution is 5.99. The Kier molecular flexibility index (Phi) is 7.08. The molecule has 154 valence electrons. The van der Waals surface area contributed by atoms with Crippen molar-refractivity contribution >= 4 is 11.8 Å². The van der Waals surface area contributed by atoms with Gasteiger partial charge in [-0.2, -0.15) is 0 Å². The van der Waals surface area contributed by atoms with Gasteiger partial charge < -0.3 is 9.47 Å². The van der Waals surface area contributed by atoms with Crippen LogP contribution in [-0.4, -0.2) is 43.5 Å². The SMILES string of the molecule is CCOc1ccc(C(=O)NNC(=O)c2cccc(CN3CCCC3)c2)cc1OC. The van der Waals surface area contributed by atoms with Crippen molar-refractivity contribution in [3.8, 4) is 11.5 Å². The van der Waals surface area contributed by atoms with E-state index in [1.54, 1.807) is 24.3 Å². The number of hydrogen-bond donors (Lipinski definition) is 2. The van der Waals surface area contributed by atoms with Crippen molar-refractivity contribution in [2.45, 2.75) is 26.3 Å². The standard InChI is InChI=1S/C22H27N3O4/c1-3-29-19-10-9-18(14-20(19)28-2)22(27)24-23-21(26)17-8-6-7-16(13-17)15-25-11-4-5-12-25/h6-10,13-14H,3-5,11-12,15H2,1-2H3,(H,23,26)(H,24,27). The molecule has 1 saturated heterocycles. The van der Waals surface area contributed by atoms with Crippen LogP contribution in [0.5, 0.6) is 11.5 Å². The fraction of sp³-hybridized carbons (Fsp3) is 0.364. The van der Waals surface area contributed by atoms with Crippen LogP contribution in [0, 0.1) is 0 Å². The zero-order valence-electron chi connectivity index (χ0n) is 16.9. The van der Waals surface area contributed by atoms with E-state index in [0.29, 0.717) is 29.2 Å². The fourth-order valence-electron chi connectivity index (χ4n) is 3.35. The van der Waals surface area contributed by atoms with Gasteiger partial charge in [-0.25, -0.2) is 0 Å². The second kappa shape index (κ2) is 9.93. The molecule has 2 aromatic rings. The molecule has 2 aromatic carbocycles. The molecule has 0 unspecified atom stereocenters. The molecule has 1 heterocycles. The summed E-state index contributed by atoms with van der Waals surface area (Å²) < 4.78 is 10.7. The number of rotatable bonds is 7. The van der Waals surface area contributed by atoms with E-state index >= 15 is 0 Å². The number of hydrogen-bond acceptors (Lipinski definition) is 5. The average molecular weight is 397 g/mol. The predicted octanol–water partition coefficient (Wildman–Crippen LogP) is 2.76. The number of methoxy groups -OCH3 is 1. The van der Waals surface area contributed by atoms with Crippen LogP contribution in [0.4, 0.5) is 0 Å². The van der Waals surface area contributed by atoms with Gasteiger partial charge in [-0.1, -0.05) is 12.1 Å². The van der Waals surface area contributed by atoms with E-state index in [0.717, 1.165) is 25.2 Å². The summed E-state index contributed by atoms with van der Waals surface area (Å²) in [5, 5.41) is 0. The van der Waals surface area contributed by atoms with Gasteiger partial charge in [-0.05, 0) is 68.8 Å². The molecule has 0 atom stereocenters. The summed E-state index contributed by atoms with van der Waals surface area (Å²) in [6.45, 7) is 5.39. The van der Waals surface area contributed by atoms with Crippen molar-refractivity contribution in [3.63, 3.8) is 0 Å². The lowest BCUT2D eigenvalue weighted by atomic mass is 10.1. The largest absolute Gasteiger partial charge is 0.493 e. The van der Waals surface area contributed by atoms with E-state index < -0.39 is 5.91 Å². The molecule has 2 N–H and O–H groups in total. The highest BCUT2D eigenvalue weighted by Crippen LogP contribution is 2.27. The lowest BCUT2D eigenvalue weighted by Crippen LogP contribution is -2.41. The van der Waals surface area contributed by atoms with Gasteiger partial charge >= 0.3 is 0 Å². The summed E-state index contributed by atoms with van der Waals surface area (Å²) >= 11 is 0. The molecule has 0 saturated carbocycles. The number of benzene rings is 2. The normalized spacial score (nSPS) is 13.7. The molecular formula is C22H27N3O4. The lowest BCUT2D eigenvalue weighted by molar-refractivity contribution is 0.0846. The van der Waals surface area contributed by atoms with E-state index in [1.807, 2.05) is 25.1 Å². The van der Waals surface area contributed by atoms with Crippen LogP contribution < -0.4 is 20.3 Å². The molecule has 1 aliphatic heterocycles. The van der Waals surface area contributed by atoms with Crippen molar-refractivity contribution in [3.05, 3.63) is 59.2 Å². The number of ether oxygens (including phenoxy) is 2. The van der Waals surface area contributed by atoms with Crippen LogP contribution in [0.3, 0.4) is 0 Å². The number of hydrazine groups is 1. The van der Waals surface area contributed by atoms with E-state index in [4.69, 9.17) is 9.47 Å². The first kappa shape index (κ1) is 20.7. The second-order valence-electron chi connectivity index (χ2n) is 6.89. The summed E-state index contributed by atoms with van der Waals surface area (Å²) in [7, 11) is 1.51. The summed E-state index contributed by atoms with van der Waals surface area (Å²) in [6.07, 6.45) is 2.45. The van der Waals surface area contributed by atoms with E-state index in [-0.39, 0.29) is 5.91 Å². The van der Waals surface area contributed by atoms with E-state index in [2.05, 4.69) is 15.8 Å². The maximum Gasteiger partial charge on any atom is 0.269 e. The summed E-state index contributed by atoms with van der Waals surface area (Å²) in [5.74, 6) is 0.221. The molecule has 0 radical (unpaired) electrons. The Hall–Kier alpha value is -3.06. The van der Waals surface area contributed by atoms with Crippen LogP contribution in [0.15, 0.2) is 42.5 Å². The Bertz CT molecular complexity index is 863. The highest BCUT2D eigenvalue weighted by atomic mass is 16.5. The second-order valence-corrected chi connectivity index (χ2v) is 6.89. The smallest absolute Gasteiger partial charge is 0.269 e. The zero-order chi connectivity index (χ0) is 20.6. The Morgan fingerprint density at radius 3 is 2.31 bits per heavy atom. The summed E-state index contributed by atoms with van der Waals surface area (Å²) in [6, 6.07) is 12.3. The molecule has 29 heavy (non-hydrogen) atoms. The van der Waals surface area contributed by atoms with Crippen LogP contribution in [0.2, 0.25) is 0 Å². The van der Waals surface area contributed by atoms with Gasteiger partial charge in [0.05, 0.1) is 13.7 Å². The van der Waals surface area contributed by atoms with Gasteiger partial charge in [0.1, 0.15) is 0 Å². The number of amides is 2. The monoisotopic (exact) mass is 397 g/mol. The molecular weight excluding hydrogens is 370 g/mol. The van der Waals surface area contributed by atoms with Crippen molar-refractivity contribution in [1.29, 1.82) is 0 Å². The van der Waals surface area contributed by atoms with Crippen molar-refractivity contribution in [2.24, 2.45) is 0 Å². The minimum absolute atomic E-state index is 0.355. The lowest BCUT2D eigenvalue weighted by Gasteiger charge is -2.15. The van der Waals surface area contributed by atoms with Gasteiger partial charge in [0, 0.05) is 17.7 Å². The molecule has 0 aromatic heterocycles. The number of carbonyl (C=O) groups excluding carboxylic acids is 2. The molecule has 1 aliphatic rings. The topological polar surface area (TPSA) is 79.9 Å². The number of nitrogens with one attached hydrogen (secondary N) is 2. The molecule has 3 rings (SSSR count). The van der Waals surface area contributed by atoms with Crippen molar-refractivity contribution in [1.82, 2.24) is 15.8 Å². The van der Waals surface area contributed by atoms with Gasteiger partial charge in [-0.3, -0.25) is 25.3 Å². The van der Waals surface area contributed by atoms with Gasteiger partial charge in [0.25, 0.3) is 11.8 Å². The number of likely N-dealkylation sites (tertiary alicyclic amines) is 1. The zero-order valence-corrected chi connectivity index (χ0v) is 16.9. The van der Waals surface area contributed by atoms with Crippen molar-refractivity contribution in [2.75, 3.05) is 26.8 Å². The Labute approximate surface area is 171 Å². The number of carbonyl (C=O) groups is 2. The first-order valence-electron chi connectivity index (χ1n) is 9.83. The molecule has 0 aliphatic carbocycles. The third-order valence-electron chi connectivity index (χ3n) is 4.81. The van der Waals surface area contributed by atoms with E-state index in [1.165, 1.54) is 20.0 Å². The maximum absolute atomic E-state index is 12.4. The summed E-state index contributed by atoms with van der Waals surface area (Å²) in [4.78, 5) is 27.2. The number of nitrogens with zero attached hydrogens (tertiary/aromatic N) is 1. The predicted molar refractivity (Wildman–Crippen MR) is 110 cm³/mol.